The van der Waals surface area contributed by atoms with Crippen LogP contribution in [0.4, 0.5) is 18.9 Å². The molecule has 5 nitrogen and oxygen atoms in total. The van der Waals surface area contributed by atoms with Crippen LogP contribution in [0.1, 0.15) is 20.3 Å². The van der Waals surface area contributed by atoms with Crippen LogP contribution < -0.4 is 15.5 Å². The number of carbonyl (C=O) groups excluding carboxylic acids is 2. The Bertz CT molecular complexity index is 581. The molecule has 0 bridgehead atoms. The van der Waals surface area contributed by atoms with Crippen LogP contribution in [0.5, 0.6) is 0 Å². The fourth-order valence-corrected chi connectivity index (χ4v) is 1.82. The van der Waals surface area contributed by atoms with E-state index in [2.05, 4.69) is 10.6 Å². The highest BCUT2D eigenvalue weighted by Crippen LogP contribution is 2.19. The van der Waals surface area contributed by atoms with E-state index in [1.54, 1.807) is 14.0 Å². The van der Waals surface area contributed by atoms with Gasteiger partial charge in [0.25, 0.3) is 11.8 Å². The van der Waals surface area contributed by atoms with Gasteiger partial charge < -0.3 is 15.5 Å². The van der Waals surface area contributed by atoms with Crippen molar-refractivity contribution in [1.82, 2.24) is 5.32 Å². The average molecular weight is 332 g/mol. The molecule has 2 atom stereocenters. The summed E-state index contributed by atoms with van der Waals surface area (Å²) in [4.78, 5) is 24.3. The summed E-state index contributed by atoms with van der Waals surface area (Å²) in [6, 6.07) is 0.990. The fourth-order valence-electron chi connectivity index (χ4n) is 1.82. The molecule has 0 heterocycles. The number of likely N-dealkylation sites (N-methyl/N-ethyl adjacent to an activating group) is 1. The molecule has 0 spiro atoms. The number of halogens is 3. The molecule has 2 amide bonds. The Hall–Kier alpha value is -2.09. The highest BCUT2D eigenvalue weighted by molar-refractivity contribution is 5.93. The van der Waals surface area contributed by atoms with Crippen LogP contribution in [0.3, 0.4) is 0 Å². The number of carbonyl (C=O) groups is 2. The first-order valence-electron chi connectivity index (χ1n) is 7.31. The zero-order valence-electron chi connectivity index (χ0n) is 13.3. The van der Waals surface area contributed by atoms with E-state index >= 15 is 0 Å². The Morgan fingerprint density at radius 3 is 2.48 bits per heavy atom. The van der Waals surface area contributed by atoms with Gasteiger partial charge in [-0.1, -0.05) is 6.92 Å². The normalized spacial score (nSPS) is 13.3. The summed E-state index contributed by atoms with van der Waals surface area (Å²) in [6.07, 6.45) is 0.802. The molecular formula is C15H21F3N3O2+. The molecule has 0 saturated carbocycles. The van der Waals surface area contributed by atoms with Crippen LogP contribution in [0.2, 0.25) is 0 Å². The van der Waals surface area contributed by atoms with Gasteiger partial charge >= 0.3 is 0 Å². The van der Waals surface area contributed by atoms with Gasteiger partial charge in [0.05, 0.1) is 12.7 Å². The molecule has 0 aliphatic carbocycles. The first kappa shape index (κ1) is 19.0. The standard InChI is InChI=1S/C15H20F3N3O2/c1-4-7-19-12(22)8-21(3)9(2)15(23)20-11-6-5-10(16)13(17)14(11)18/h5-6,9H,4,7-8H2,1-3H3,(H,19,22)(H,20,23)/p+1/t9-/m1/s1. The molecule has 0 saturated heterocycles. The quantitative estimate of drug-likeness (QED) is 0.636. The Balaban J connectivity index is 2.66. The van der Waals surface area contributed by atoms with Gasteiger partial charge in [0.1, 0.15) is 0 Å². The zero-order chi connectivity index (χ0) is 17.6. The van der Waals surface area contributed by atoms with Crippen molar-refractivity contribution >= 4 is 17.5 Å². The SMILES string of the molecule is CCCNC(=O)C[NH+](C)[C@H](C)C(=O)Nc1ccc(F)c(F)c1F. The Morgan fingerprint density at radius 2 is 1.87 bits per heavy atom. The van der Waals surface area contributed by atoms with E-state index in [1.165, 1.54) is 0 Å². The molecule has 0 radical (unpaired) electrons. The third kappa shape index (κ3) is 5.24. The molecule has 1 aromatic rings. The molecule has 0 aromatic heterocycles. The number of hydrogen-bond acceptors (Lipinski definition) is 2. The second-order valence-electron chi connectivity index (χ2n) is 5.31. The van der Waals surface area contributed by atoms with Crippen molar-refractivity contribution in [2.75, 3.05) is 25.5 Å². The molecule has 8 heteroatoms. The number of nitrogens with one attached hydrogen (secondary N) is 3. The lowest BCUT2D eigenvalue weighted by atomic mass is 10.2. The number of rotatable bonds is 7. The zero-order valence-corrected chi connectivity index (χ0v) is 13.3. The minimum atomic E-state index is -1.64. The maximum absolute atomic E-state index is 13.5. The molecular weight excluding hydrogens is 311 g/mol. The monoisotopic (exact) mass is 332 g/mol. The van der Waals surface area contributed by atoms with E-state index in [9.17, 15) is 22.8 Å². The van der Waals surface area contributed by atoms with E-state index in [0.29, 0.717) is 11.4 Å². The summed E-state index contributed by atoms with van der Waals surface area (Å²) < 4.78 is 39.5. The van der Waals surface area contributed by atoms with Gasteiger partial charge in [-0.05, 0) is 25.5 Å². The predicted octanol–water partition coefficient (Wildman–Crippen LogP) is 0.472. The van der Waals surface area contributed by atoms with Crippen molar-refractivity contribution in [3.8, 4) is 0 Å². The van der Waals surface area contributed by atoms with Gasteiger partial charge in [-0.15, -0.1) is 0 Å². The second-order valence-corrected chi connectivity index (χ2v) is 5.31. The van der Waals surface area contributed by atoms with Crippen LogP contribution in [0.15, 0.2) is 12.1 Å². The van der Waals surface area contributed by atoms with Crippen LogP contribution in [-0.2, 0) is 9.59 Å². The van der Waals surface area contributed by atoms with Crippen LogP contribution in [0, 0.1) is 17.5 Å². The van der Waals surface area contributed by atoms with E-state index in [-0.39, 0.29) is 12.5 Å². The molecule has 1 aromatic carbocycles. The summed E-state index contributed by atoms with van der Waals surface area (Å²) in [6.45, 7) is 4.08. The maximum Gasteiger partial charge on any atom is 0.282 e. The molecule has 0 aliphatic rings. The van der Waals surface area contributed by atoms with E-state index < -0.39 is 35.1 Å². The van der Waals surface area contributed by atoms with E-state index in [1.807, 2.05) is 6.92 Å². The summed E-state index contributed by atoms with van der Waals surface area (Å²) >= 11 is 0. The number of benzene rings is 1. The fraction of sp³-hybridized carbons (Fsp3) is 0.467. The van der Waals surface area contributed by atoms with Crippen LogP contribution in [-0.4, -0.2) is 38.0 Å². The molecule has 1 unspecified atom stereocenters. The molecule has 0 aliphatic heterocycles. The number of anilines is 1. The average Bonchev–Trinajstić information content (AvgIpc) is 2.52. The van der Waals surface area contributed by atoms with Gasteiger partial charge in [-0.25, -0.2) is 13.2 Å². The third-order valence-corrected chi connectivity index (χ3v) is 3.44. The van der Waals surface area contributed by atoms with Crippen molar-refractivity contribution in [2.45, 2.75) is 26.3 Å². The Kier molecular flexibility index (Phi) is 7.02. The van der Waals surface area contributed by atoms with Gasteiger partial charge in [-0.2, -0.15) is 0 Å². The van der Waals surface area contributed by atoms with Gasteiger partial charge in [-0.3, -0.25) is 9.59 Å². The molecule has 1 rings (SSSR count). The van der Waals surface area contributed by atoms with Crippen molar-refractivity contribution in [2.24, 2.45) is 0 Å². The van der Waals surface area contributed by atoms with E-state index in [0.717, 1.165) is 18.6 Å². The highest BCUT2D eigenvalue weighted by Gasteiger charge is 2.25. The molecule has 23 heavy (non-hydrogen) atoms. The minimum Gasteiger partial charge on any atom is -0.351 e. The first-order chi connectivity index (χ1) is 10.8. The smallest absolute Gasteiger partial charge is 0.282 e. The van der Waals surface area contributed by atoms with Crippen LogP contribution >= 0.6 is 0 Å². The summed E-state index contributed by atoms with van der Waals surface area (Å²) in [5.74, 6) is -5.23. The molecule has 0 fully saturated rings. The molecule has 128 valence electrons. The lowest BCUT2D eigenvalue weighted by molar-refractivity contribution is -0.885. The highest BCUT2D eigenvalue weighted by atomic mass is 19.2. The van der Waals surface area contributed by atoms with Crippen molar-refractivity contribution in [1.29, 1.82) is 0 Å². The topological polar surface area (TPSA) is 62.6 Å². The van der Waals surface area contributed by atoms with Crippen molar-refractivity contribution < 1.29 is 27.7 Å². The van der Waals surface area contributed by atoms with Gasteiger partial charge in [0.15, 0.2) is 30.0 Å². The van der Waals surface area contributed by atoms with E-state index in [4.69, 9.17) is 0 Å². The summed E-state index contributed by atoms with van der Waals surface area (Å²) in [5.41, 5.74) is -0.441. The van der Waals surface area contributed by atoms with Gasteiger partial charge in [0, 0.05) is 6.54 Å². The van der Waals surface area contributed by atoms with Crippen molar-refractivity contribution in [3.05, 3.63) is 29.6 Å². The number of quaternary nitrogens is 1. The van der Waals surface area contributed by atoms with Gasteiger partial charge in [0.2, 0.25) is 0 Å². The number of amides is 2. The first-order valence-corrected chi connectivity index (χ1v) is 7.31. The number of hydrogen-bond donors (Lipinski definition) is 3. The Labute approximate surface area is 132 Å². The Morgan fingerprint density at radius 1 is 1.22 bits per heavy atom. The lowest BCUT2D eigenvalue weighted by Gasteiger charge is -2.20. The maximum atomic E-state index is 13.5. The largest absolute Gasteiger partial charge is 0.351 e. The minimum absolute atomic E-state index is 0.0643. The summed E-state index contributed by atoms with van der Waals surface area (Å²) in [7, 11) is 1.64. The van der Waals surface area contributed by atoms with Crippen LogP contribution in [0.25, 0.3) is 0 Å². The third-order valence-electron chi connectivity index (χ3n) is 3.44. The second kappa shape index (κ2) is 8.52. The predicted molar refractivity (Wildman–Crippen MR) is 79.5 cm³/mol. The van der Waals surface area contributed by atoms with Crippen molar-refractivity contribution in [3.63, 3.8) is 0 Å². The lowest BCUT2D eigenvalue weighted by Crippen LogP contribution is -3.15. The summed E-state index contributed by atoms with van der Waals surface area (Å²) in [5, 5.41) is 4.89. The molecule has 3 N–H and O–H groups in total.